The summed E-state index contributed by atoms with van der Waals surface area (Å²) in [5, 5.41) is 9.88. The average molecular weight is 271 g/mol. The van der Waals surface area contributed by atoms with Crippen LogP contribution in [0.25, 0.3) is 0 Å². The lowest BCUT2D eigenvalue weighted by Crippen LogP contribution is -2.26. The van der Waals surface area contributed by atoms with Gasteiger partial charge in [0.05, 0.1) is 12.5 Å². The van der Waals surface area contributed by atoms with Crippen molar-refractivity contribution in [3.63, 3.8) is 0 Å². The van der Waals surface area contributed by atoms with Gasteiger partial charge in [0.25, 0.3) is 0 Å². The third-order valence-electron chi connectivity index (χ3n) is 3.19. The molecule has 0 bridgehead atoms. The Morgan fingerprint density at radius 2 is 2.00 bits per heavy atom. The summed E-state index contributed by atoms with van der Waals surface area (Å²) in [7, 11) is 1.58. The Hall–Kier alpha value is -1.22. The first-order chi connectivity index (χ1) is 8.20. The molecule has 0 spiro atoms. The number of carboxylic acids is 1. The number of carbonyl (C=O) groups is 1. The molecule has 0 fully saturated rings. The number of methoxy groups -OCH3 is 1. The molecule has 0 aliphatic heterocycles. The molecule has 1 rings (SSSR count). The number of aryl methyl sites for hydroxylation is 1. The molecule has 0 heterocycles. The van der Waals surface area contributed by atoms with Crippen molar-refractivity contribution in [1.82, 2.24) is 0 Å². The smallest absolute Gasteiger partial charge is 0.309 e. The van der Waals surface area contributed by atoms with Crippen LogP contribution in [-0.4, -0.2) is 18.2 Å². The summed E-state index contributed by atoms with van der Waals surface area (Å²) in [6.07, 6.45) is 0.386. The van der Waals surface area contributed by atoms with E-state index >= 15 is 0 Å². The highest BCUT2D eigenvalue weighted by Gasteiger charge is 2.30. The first-order valence-corrected chi connectivity index (χ1v) is 6.14. The van der Waals surface area contributed by atoms with Crippen LogP contribution in [-0.2, 0) is 11.2 Å². The van der Waals surface area contributed by atoms with E-state index in [4.69, 9.17) is 16.3 Å². The van der Waals surface area contributed by atoms with Crippen molar-refractivity contribution in [3.05, 3.63) is 27.8 Å². The molecule has 0 aliphatic carbocycles. The number of benzene rings is 1. The van der Waals surface area contributed by atoms with E-state index in [9.17, 15) is 9.90 Å². The van der Waals surface area contributed by atoms with Gasteiger partial charge < -0.3 is 9.84 Å². The van der Waals surface area contributed by atoms with E-state index in [0.29, 0.717) is 17.2 Å². The van der Waals surface area contributed by atoms with Gasteiger partial charge in [-0.15, -0.1) is 0 Å². The summed E-state index contributed by atoms with van der Waals surface area (Å²) in [6, 6.07) is 1.85. The summed E-state index contributed by atoms with van der Waals surface area (Å²) in [6.45, 7) is 7.19. The summed E-state index contributed by atoms with van der Waals surface area (Å²) in [5.74, 6) is -0.135. The Kier molecular flexibility index (Phi) is 4.28. The van der Waals surface area contributed by atoms with Crippen molar-refractivity contribution in [2.75, 3.05) is 7.11 Å². The maximum atomic E-state index is 11.2. The highest BCUT2D eigenvalue weighted by molar-refractivity contribution is 6.32. The van der Waals surface area contributed by atoms with E-state index < -0.39 is 11.4 Å². The summed E-state index contributed by atoms with van der Waals surface area (Å²) in [4.78, 5) is 11.2. The minimum atomic E-state index is -0.851. The Balaban J connectivity index is 3.32. The van der Waals surface area contributed by atoms with Crippen LogP contribution in [0.1, 0.15) is 30.5 Å². The number of hydrogen-bond donors (Lipinski definition) is 1. The molecule has 0 radical (unpaired) electrons. The molecule has 1 N–H and O–H groups in total. The van der Waals surface area contributed by atoms with Crippen LogP contribution in [0.15, 0.2) is 6.07 Å². The monoisotopic (exact) mass is 270 g/mol. The fraction of sp³-hybridized carbons (Fsp3) is 0.500. The van der Waals surface area contributed by atoms with Gasteiger partial charge in [-0.1, -0.05) is 11.6 Å². The molecule has 0 aliphatic rings. The van der Waals surface area contributed by atoms with Gasteiger partial charge in [0.1, 0.15) is 5.75 Å². The first-order valence-electron chi connectivity index (χ1n) is 5.76. The summed E-state index contributed by atoms with van der Waals surface area (Å²) >= 11 is 6.22. The topological polar surface area (TPSA) is 46.5 Å². The van der Waals surface area contributed by atoms with Crippen LogP contribution in [0.4, 0.5) is 0 Å². The van der Waals surface area contributed by atoms with Crippen LogP contribution < -0.4 is 4.74 Å². The van der Waals surface area contributed by atoms with Gasteiger partial charge in [-0.25, -0.2) is 0 Å². The Morgan fingerprint density at radius 3 is 2.44 bits per heavy atom. The molecule has 0 amide bonds. The molecule has 0 aromatic heterocycles. The van der Waals surface area contributed by atoms with Gasteiger partial charge in [-0.2, -0.15) is 0 Å². The zero-order chi connectivity index (χ0) is 14.1. The summed E-state index contributed by atoms with van der Waals surface area (Å²) < 4.78 is 5.34. The molecule has 1 aromatic carbocycles. The quantitative estimate of drug-likeness (QED) is 0.909. The fourth-order valence-electron chi connectivity index (χ4n) is 1.88. The van der Waals surface area contributed by atoms with Crippen molar-refractivity contribution in [3.8, 4) is 5.75 Å². The molecule has 0 unspecified atom stereocenters. The lowest BCUT2D eigenvalue weighted by Gasteiger charge is -2.23. The second-order valence-electron chi connectivity index (χ2n) is 5.18. The molecule has 0 atom stereocenters. The Labute approximate surface area is 113 Å². The first kappa shape index (κ1) is 14.8. The third kappa shape index (κ3) is 2.78. The van der Waals surface area contributed by atoms with Crippen LogP contribution in [0, 0.1) is 19.3 Å². The highest BCUT2D eigenvalue weighted by Crippen LogP contribution is 2.35. The number of rotatable bonds is 4. The number of ether oxygens (including phenoxy) is 1. The van der Waals surface area contributed by atoms with E-state index in [2.05, 4.69) is 0 Å². The molecule has 18 heavy (non-hydrogen) atoms. The highest BCUT2D eigenvalue weighted by atomic mass is 35.5. The lowest BCUT2D eigenvalue weighted by molar-refractivity contribution is -0.146. The van der Waals surface area contributed by atoms with Crippen LogP contribution in [0.2, 0.25) is 5.02 Å². The zero-order valence-corrected chi connectivity index (χ0v) is 12.2. The van der Waals surface area contributed by atoms with E-state index in [1.54, 1.807) is 21.0 Å². The molecule has 4 heteroatoms. The number of hydrogen-bond acceptors (Lipinski definition) is 2. The summed E-state index contributed by atoms with van der Waals surface area (Å²) in [5.41, 5.74) is 1.84. The van der Waals surface area contributed by atoms with Crippen molar-refractivity contribution in [2.45, 2.75) is 34.1 Å². The molecule has 0 saturated carbocycles. The minimum absolute atomic E-state index is 0.386. The fourth-order valence-corrected chi connectivity index (χ4v) is 2.05. The van der Waals surface area contributed by atoms with Crippen LogP contribution in [0.5, 0.6) is 5.75 Å². The second kappa shape index (κ2) is 5.19. The number of halogens is 1. The van der Waals surface area contributed by atoms with Gasteiger partial charge in [-0.3, -0.25) is 4.79 Å². The molecular weight excluding hydrogens is 252 g/mol. The third-order valence-corrected chi connectivity index (χ3v) is 3.77. The zero-order valence-electron chi connectivity index (χ0n) is 11.4. The number of carboxylic acid groups (broad SMARTS) is 1. The van der Waals surface area contributed by atoms with Gasteiger partial charge in [0.15, 0.2) is 0 Å². The Morgan fingerprint density at radius 1 is 1.44 bits per heavy atom. The van der Waals surface area contributed by atoms with E-state index in [-0.39, 0.29) is 0 Å². The van der Waals surface area contributed by atoms with E-state index in [1.807, 2.05) is 19.9 Å². The van der Waals surface area contributed by atoms with Crippen molar-refractivity contribution >= 4 is 17.6 Å². The normalized spacial score (nSPS) is 11.4. The number of aliphatic carboxylic acids is 1. The van der Waals surface area contributed by atoms with Crippen LogP contribution >= 0.6 is 11.6 Å². The predicted octanol–water partition coefficient (Wildman–Crippen LogP) is 3.62. The molecule has 1 aromatic rings. The van der Waals surface area contributed by atoms with Gasteiger partial charge in [-0.05, 0) is 56.9 Å². The maximum absolute atomic E-state index is 11.2. The molecule has 100 valence electrons. The largest absolute Gasteiger partial charge is 0.496 e. The Bertz CT molecular complexity index is 478. The standard InChI is InChI=1S/C14H19ClO3/c1-8-6-11(18-5)10(9(2)12(8)15)7-14(3,4)13(16)17/h6H,7H2,1-5H3,(H,16,17). The van der Waals surface area contributed by atoms with E-state index in [0.717, 1.165) is 16.7 Å². The molecule has 0 saturated heterocycles. The predicted molar refractivity (Wildman–Crippen MR) is 72.6 cm³/mol. The SMILES string of the molecule is COc1cc(C)c(Cl)c(C)c1CC(C)(C)C(=O)O. The van der Waals surface area contributed by atoms with Gasteiger partial charge in [0.2, 0.25) is 0 Å². The van der Waals surface area contributed by atoms with Crippen molar-refractivity contribution < 1.29 is 14.6 Å². The maximum Gasteiger partial charge on any atom is 0.309 e. The second-order valence-corrected chi connectivity index (χ2v) is 5.56. The molecular formula is C14H19ClO3. The van der Waals surface area contributed by atoms with Gasteiger partial charge in [0, 0.05) is 5.02 Å². The lowest BCUT2D eigenvalue weighted by atomic mass is 9.83. The van der Waals surface area contributed by atoms with E-state index in [1.165, 1.54) is 0 Å². The van der Waals surface area contributed by atoms with Crippen LogP contribution in [0.3, 0.4) is 0 Å². The minimum Gasteiger partial charge on any atom is -0.496 e. The van der Waals surface area contributed by atoms with Gasteiger partial charge >= 0.3 is 5.97 Å². The van der Waals surface area contributed by atoms with Crippen molar-refractivity contribution in [2.24, 2.45) is 5.41 Å². The average Bonchev–Trinajstić information content (AvgIpc) is 2.29. The van der Waals surface area contributed by atoms with Crippen molar-refractivity contribution in [1.29, 1.82) is 0 Å². The molecule has 3 nitrogen and oxygen atoms in total.